The van der Waals surface area contributed by atoms with Gasteiger partial charge in [0.1, 0.15) is 5.50 Å². The van der Waals surface area contributed by atoms with Crippen LogP contribution < -0.4 is 11.5 Å². The van der Waals surface area contributed by atoms with Crippen LogP contribution in [0.4, 0.5) is 0 Å². The Morgan fingerprint density at radius 1 is 1.30 bits per heavy atom. The van der Waals surface area contributed by atoms with Crippen molar-refractivity contribution in [2.45, 2.75) is 21.8 Å². The molecule has 0 aromatic heterocycles. The van der Waals surface area contributed by atoms with Gasteiger partial charge in [-0.2, -0.15) is 0 Å². The minimum Gasteiger partial charge on any atom is -0.319 e. The predicted molar refractivity (Wildman–Crippen MR) is 46.7 cm³/mol. The Kier molecular flexibility index (Phi) is 3.56. The molecule has 0 heterocycles. The molecule has 0 aliphatic rings. The number of hydrogen-bond donors (Lipinski definition) is 2. The molecular weight excluding hydrogens is 218 g/mol. The second kappa shape index (κ2) is 3.21. The topological polar surface area (TPSA) is 52.0 Å². The summed E-state index contributed by atoms with van der Waals surface area (Å²) in [6, 6.07) is 0. The van der Waals surface area contributed by atoms with E-state index in [4.69, 9.17) is 57.9 Å². The van der Waals surface area contributed by atoms with Crippen LogP contribution in [-0.4, -0.2) is 14.8 Å². The van der Waals surface area contributed by atoms with Gasteiger partial charge in [0.05, 0.1) is 5.54 Å². The number of nitrogens with two attached hydrogens (primary N) is 2. The van der Waals surface area contributed by atoms with Crippen LogP contribution in [0.2, 0.25) is 0 Å². The molecule has 2 nitrogen and oxygen atoms in total. The molecule has 0 saturated carbocycles. The smallest absolute Gasteiger partial charge is 0.210 e. The molecule has 10 heavy (non-hydrogen) atoms. The Balaban J connectivity index is 4.40. The minimum atomic E-state index is -1.64. The van der Waals surface area contributed by atoms with Crippen LogP contribution in [0.3, 0.4) is 0 Å². The fraction of sp³-hybridized carbons (Fsp3) is 1.00. The molecule has 2 unspecified atom stereocenters. The molecule has 0 bridgehead atoms. The van der Waals surface area contributed by atoms with Gasteiger partial charge in [0.15, 0.2) is 0 Å². The molecule has 0 aliphatic heterocycles. The lowest BCUT2D eigenvalue weighted by Gasteiger charge is -2.33. The predicted octanol–water partition coefficient (Wildman–Crippen LogP) is 1.60. The highest BCUT2D eigenvalue weighted by Crippen LogP contribution is 2.38. The van der Waals surface area contributed by atoms with Gasteiger partial charge in [-0.3, -0.25) is 0 Å². The van der Waals surface area contributed by atoms with Crippen molar-refractivity contribution in [2.24, 2.45) is 11.5 Å². The third-order valence-corrected chi connectivity index (χ3v) is 2.86. The lowest BCUT2D eigenvalue weighted by molar-refractivity contribution is 0.457. The first kappa shape index (κ1) is 11.1. The molecule has 0 aromatic rings. The summed E-state index contributed by atoms with van der Waals surface area (Å²) >= 11 is 21.8. The van der Waals surface area contributed by atoms with Gasteiger partial charge in [0.25, 0.3) is 0 Å². The molecule has 0 fully saturated rings. The average Bonchev–Trinajstić information content (AvgIpc) is 1.62. The van der Waals surface area contributed by atoms with E-state index in [0.29, 0.717) is 0 Å². The van der Waals surface area contributed by atoms with Crippen LogP contribution in [0.5, 0.6) is 0 Å². The van der Waals surface area contributed by atoms with E-state index in [0.717, 1.165) is 0 Å². The van der Waals surface area contributed by atoms with Gasteiger partial charge in [0.2, 0.25) is 3.79 Å². The van der Waals surface area contributed by atoms with Gasteiger partial charge in [0, 0.05) is 0 Å². The number of alkyl halides is 4. The van der Waals surface area contributed by atoms with E-state index in [-0.39, 0.29) is 0 Å². The van der Waals surface area contributed by atoms with Crippen LogP contribution >= 0.6 is 46.4 Å². The van der Waals surface area contributed by atoms with Gasteiger partial charge < -0.3 is 11.5 Å². The Hall–Kier alpha value is 1.08. The zero-order valence-corrected chi connectivity index (χ0v) is 8.27. The zero-order valence-electron chi connectivity index (χ0n) is 5.24. The first-order chi connectivity index (χ1) is 4.19. The largest absolute Gasteiger partial charge is 0.319 e. The molecule has 0 aliphatic carbocycles. The average molecular weight is 226 g/mol. The Morgan fingerprint density at radius 2 is 1.60 bits per heavy atom. The van der Waals surface area contributed by atoms with Gasteiger partial charge in [-0.1, -0.05) is 34.8 Å². The summed E-state index contributed by atoms with van der Waals surface area (Å²) in [6.07, 6.45) is 0. The highest BCUT2D eigenvalue weighted by molar-refractivity contribution is 6.68. The molecule has 6 heteroatoms. The molecule has 0 radical (unpaired) electrons. The minimum absolute atomic E-state index is 0.889. The molecule has 2 atom stereocenters. The monoisotopic (exact) mass is 224 g/mol. The van der Waals surface area contributed by atoms with E-state index in [9.17, 15) is 0 Å². The van der Waals surface area contributed by atoms with Crippen molar-refractivity contribution < 1.29 is 0 Å². The number of hydrogen-bond acceptors (Lipinski definition) is 2. The molecule has 0 aromatic carbocycles. The molecular formula is C4H8Cl4N2. The summed E-state index contributed by atoms with van der Waals surface area (Å²) in [5.41, 5.74) is 8.62. The van der Waals surface area contributed by atoms with Gasteiger partial charge >= 0.3 is 0 Å². The summed E-state index contributed by atoms with van der Waals surface area (Å²) in [5, 5.41) is 0. The van der Waals surface area contributed by atoms with Crippen LogP contribution in [-0.2, 0) is 0 Å². The first-order valence-electron chi connectivity index (χ1n) is 2.45. The van der Waals surface area contributed by atoms with Crippen molar-refractivity contribution in [3.63, 3.8) is 0 Å². The quantitative estimate of drug-likeness (QED) is 0.526. The second-order valence-electron chi connectivity index (χ2n) is 2.18. The fourth-order valence-corrected chi connectivity index (χ4v) is 0.840. The summed E-state index contributed by atoms with van der Waals surface area (Å²) in [6.45, 7) is 1.47. The van der Waals surface area contributed by atoms with Crippen LogP contribution in [0.1, 0.15) is 6.92 Å². The van der Waals surface area contributed by atoms with E-state index in [1.165, 1.54) is 6.92 Å². The van der Waals surface area contributed by atoms with Crippen molar-refractivity contribution in [2.75, 3.05) is 0 Å². The molecule has 4 N–H and O–H groups in total. The van der Waals surface area contributed by atoms with Crippen molar-refractivity contribution in [3.05, 3.63) is 0 Å². The van der Waals surface area contributed by atoms with E-state index in [1.807, 2.05) is 0 Å². The summed E-state index contributed by atoms with van der Waals surface area (Å²) in [7, 11) is 0. The van der Waals surface area contributed by atoms with E-state index in [2.05, 4.69) is 0 Å². The van der Waals surface area contributed by atoms with Crippen molar-refractivity contribution >= 4 is 46.4 Å². The van der Waals surface area contributed by atoms with Crippen molar-refractivity contribution in [1.82, 2.24) is 0 Å². The zero-order chi connectivity index (χ0) is 8.58. The fourth-order valence-electron chi connectivity index (χ4n) is 0.156. The highest BCUT2D eigenvalue weighted by Gasteiger charge is 2.45. The van der Waals surface area contributed by atoms with E-state index in [1.54, 1.807) is 0 Å². The lowest BCUT2D eigenvalue weighted by atomic mass is 10.1. The second-order valence-corrected chi connectivity index (χ2v) is 4.93. The van der Waals surface area contributed by atoms with Gasteiger partial charge in [-0.05, 0) is 6.92 Å². The van der Waals surface area contributed by atoms with Crippen LogP contribution in [0.25, 0.3) is 0 Å². The molecule has 62 valence electrons. The highest BCUT2D eigenvalue weighted by atomic mass is 35.6. The van der Waals surface area contributed by atoms with Crippen molar-refractivity contribution in [1.29, 1.82) is 0 Å². The summed E-state index contributed by atoms with van der Waals surface area (Å²) in [4.78, 5) is 0. The maximum Gasteiger partial charge on any atom is 0.210 e. The number of rotatable bonds is 1. The van der Waals surface area contributed by atoms with Gasteiger partial charge in [-0.25, -0.2) is 0 Å². The standard InChI is InChI=1S/C4H8Cl4N2/c1-3(10,2(5)9)4(6,7)8/h2H,9-10H2,1H3. The molecule has 0 saturated heterocycles. The SMILES string of the molecule is CC(N)(C(N)Cl)C(Cl)(Cl)Cl. The molecule has 0 amide bonds. The van der Waals surface area contributed by atoms with Gasteiger partial charge in [-0.15, -0.1) is 11.6 Å². The normalized spacial score (nSPS) is 21.9. The molecule has 0 rings (SSSR count). The Bertz CT molecular complexity index is 117. The summed E-state index contributed by atoms with van der Waals surface area (Å²) < 4.78 is -1.64. The Labute approximate surface area is 79.7 Å². The maximum absolute atomic E-state index is 5.48. The van der Waals surface area contributed by atoms with E-state index >= 15 is 0 Å². The first-order valence-corrected chi connectivity index (χ1v) is 4.02. The van der Waals surface area contributed by atoms with E-state index < -0.39 is 14.8 Å². The number of halogens is 4. The maximum atomic E-state index is 5.48. The van der Waals surface area contributed by atoms with Crippen molar-refractivity contribution in [3.8, 4) is 0 Å². The van der Waals surface area contributed by atoms with Crippen LogP contribution in [0.15, 0.2) is 0 Å². The third-order valence-electron chi connectivity index (χ3n) is 1.18. The molecule has 0 spiro atoms. The van der Waals surface area contributed by atoms with Crippen LogP contribution in [0, 0.1) is 0 Å². The third kappa shape index (κ3) is 2.29. The Morgan fingerprint density at radius 3 is 1.60 bits per heavy atom. The lowest BCUT2D eigenvalue weighted by Crippen LogP contribution is -2.59. The summed E-state index contributed by atoms with van der Waals surface area (Å²) in [5.74, 6) is 0.